The van der Waals surface area contributed by atoms with Crippen molar-refractivity contribution in [2.45, 2.75) is 32.1 Å². The minimum Gasteiger partial charge on any atom is -0.289 e. The number of carbonyl (C=O) groups excluding carboxylic acids is 1. The Bertz CT molecular complexity index is 809. The minimum atomic E-state index is -0.287. The standard InChI is InChI=1S/C21H19NO/c1-14(2)16-8-9-17-10-18(21(23)20(17)12-16)11-19(13-22)15-6-4-3-5-7-15/h3-10,12,14,19H,11H2,1-2H3. The fourth-order valence-electron chi connectivity index (χ4n) is 2.98. The minimum absolute atomic E-state index is 0.0682. The summed E-state index contributed by atoms with van der Waals surface area (Å²) in [6.07, 6.45) is 2.40. The van der Waals surface area contributed by atoms with Crippen LogP contribution in [0.3, 0.4) is 0 Å². The van der Waals surface area contributed by atoms with E-state index in [2.05, 4.69) is 26.0 Å². The summed E-state index contributed by atoms with van der Waals surface area (Å²) in [5, 5.41) is 9.47. The molecule has 1 atom stereocenters. The Morgan fingerprint density at radius 3 is 2.43 bits per heavy atom. The monoisotopic (exact) mass is 301 g/mol. The van der Waals surface area contributed by atoms with E-state index in [1.54, 1.807) is 0 Å². The number of nitrogens with zero attached hydrogens (tertiary/aromatic N) is 1. The van der Waals surface area contributed by atoms with Gasteiger partial charge in [0.25, 0.3) is 0 Å². The Morgan fingerprint density at radius 1 is 1.04 bits per heavy atom. The van der Waals surface area contributed by atoms with E-state index in [0.29, 0.717) is 12.3 Å². The summed E-state index contributed by atoms with van der Waals surface area (Å²) in [4.78, 5) is 12.7. The lowest BCUT2D eigenvalue weighted by Gasteiger charge is -2.10. The average Bonchev–Trinajstić information content (AvgIpc) is 2.89. The van der Waals surface area contributed by atoms with Gasteiger partial charge in [-0.25, -0.2) is 0 Å². The maximum atomic E-state index is 12.7. The van der Waals surface area contributed by atoms with Crippen LogP contribution in [0.25, 0.3) is 6.08 Å². The molecule has 0 saturated heterocycles. The van der Waals surface area contributed by atoms with Crippen molar-refractivity contribution in [2.24, 2.45) is 0 Å². The van der Waals surface area contributed by atoms with Crippen LogP contribution in [0.5, 0.6) is 0 Å². The van der Waals surface area contributed by atoms with Crippen molar-refractivity contribution in [1.82, 2.24) is 0 Å². The fraction of sp³-hybridized carbons (Fsp3) is 0.238. The van der Waals surface area contributed by atoms with Crippen LogP contribution in [-0.2, 0) is 0 Å². The third-order valence-electron chi connectivity index (χ3n) is 4.39. The average molecular weight is 301 g/mol. The van der Waals surface area contributed by atoms with E-state index in [1.807, 2.05) is 48.5 Å². The van der Waals surface area contributed by atoms with Gasteiger partial charge in [0.05, 0.1) is 12.0 Å². The first kappa shape index (κ1) is 15.2. The zero-order valence-electron chi connectivity index (χ0n) is 13.4. The van der Waals surface area contributed by atoms with Gasteiger partial charge < -0.3 is 0 Å². The molecule has 3 rings (SSSR count). The Hall–Kier alpha value is -2.66. The van der Waals surface area contributed by atoms with Crippen molar-refractivity contribution in [1.29, 1.82) is 5.26 Å². The number of benzene rings is 2. The Labute approximate surface area is 137 Å². The highest BCUT2D eigenvalue weighted by Crippen LogP contribution is 2.33. The van der Waals surface area contributed by atoms with Crippen LogP contribution in [0.1, 0.15) is 59.2 Å². The molecule has 23 heavy (non-hydrogen) atoms. The maximum Gasteiger partial charge on any atom is 0.189 e. The molecule has 0 aromatic heterocycles. The number of nitriles is 1. The molecule has 1 unspecified atom stereocenters. The second-order valence-electron chi connectivity index (χ2n) is 6.30. The van der Waals surface area contributed by atoms with Crippen molar-refractivity contribution in [3.8, 4) is 6.07 Å². The van der Waals surface area contributed by atoms with Crippen LogP contribution in [0, 0.1) is 11.3 Å². The fourth-order valence-corrected chi connectivity index (χ4v) is 2.98. The summed E-state index contributed by atoms with van der Waals surface area (Å²) in [5.74, 6) is 0.178. The van der Waals surface area contributed by atoms with Crippen molar-refractivity contribution in [2.75, 3.05) is 0 Å². The van der Waals surface area contributed by atoms with E-state index in [1.165, 1.54) is 5.56 Å². The van der Waals surface area contributed by atoms with Gasteiger partial charge in [0.1, 0.15) is 0 Å². The summed E-state index contributed by atoms with van der Waals surface area (Å²) >= 11 is 0. The summed E-state index contributed by atoms with van der Waals surface area (Å²) in [6.45, 7) is 4.24. The molecule has 114 valence electrons. The molecule has 2 heteroatoms. The molecule has 0 radical (unpaired) electrons. The highest BCUT2D eigenvalue weighted by atomic mass is 16.1. The molecule has 1 aliphatic rings. The predicted octanol–water partition coefficient (Wildman–Crippen LogP) is 5.09. The van der Waals surface area contributed by atoms with Gasteiger partial charge >= 0.3 is 0 Å². The van der Waals surface area contributed by atoms with Crippen molar-refractivity contribution >= 4 is 11.9 Å². The highest BCUT2D eigenvalue weighted by molar-refractivity contribution is 6.18. The molecule has 0 N–H and O–H groups in total. The maximum absolute atomic E-state index is 12.7. The molecule has 0 aliphatic heterocycles. The molecule has 0 fully saturated rings. The second-order valence-corrected chi connectivity index (χ2v) is 6.30. The van der Waals surface area contributed by atoms with Crippen LogP contribution in [0.4, 0.5) is 0 Å². The van der Waals surface area contributed by atoms with Gasteiger partial charge in [-0.05, 0) is 41.2 Å². The van der Waals surface area contributed by atoms with Gasteiger partial charge in [0.15, 0.2) is 5.78 Å². The molecule has 1 aliphatic carbocycles. The third-order valence-corrected chi connectivity index (χ3v) is 4.39. The van der Waals surface area contributed by atoms with Gasteiger partial charge in [-0.3, -0.25) is 4.79 Å². The van der Waals surface area contributed by atoms with Crippen molar-refractivity contribution in [3.63, 3.8) is 0 Å². The zero-order valence-corrected chi connectivity index (χ0v) is 13.4. The van der Waals surface area contributed by atoms with E-state index in [-0.39, 0.29) is 11.7 Å². The Balaban J connectivity index is 1.86. The summed E-state index contributed by atoms with van der Waals surface area (Å²) in [5.41, 5.74) is 4.61. The smallest absolute Gasteiger partial charge is 0.189 e. The first-order chi connectivity index (χ1) is 11.1. The van der Waals surface area contributed by atoms with Crippen molar-refractivity contribution in [3.05, 3.63) is 76.4 Å². The van der Waals surface area contributed by atoms with Crippen LogP contribution in [-0.4, -0.2) is 5.78 Å². The highest BCUT2D eigenvalue weighted by Gasteiger charge is 2.25. The van der Waals surface area contributed by atoms with E-state index < -0.39 is 0 Å². The van der Waals surface area contributed by atoms with Gasteiger partial charge in [-0.1, -0.05) is 56.3 Å². The normalized spacial score (nSPS) is 14.3. The van der Waals surface area contributed by atoms with Crippen LogP contribution in [0.15, 0.2) is 54.1 Å². The van der Waals surface area contributed by atoms with Crippen LogP contribution >= 0.6 is 0 Å². The lowest BCUT2D eigenvalue weighted by Crippen LogP contribution is -2.05. The number of carbonyl (C=O) groups is 1. The molecule has 0 bridgehead atoms. The topological polar surface area (TPSA) is 40.9 Å². The Kier molecular flexibility index (Phi) is 4.12. The molecule has 0 amide bonds. The number of ketones is 1. The van der Waals surface area contributed by atoms with E-state index >= 15 is 0 Å². The van der Waals surface area contributed by atoms with Crippen LogP contribution < -0.4 is 0 Å². The molecule has 0 spiro atoms. The zero-order chi connectivity index (χ0) is 16.4. The number of hydrogen-bond donors (Lipinski definition) is 0. The summed E-state index contributed by atoms with van der Waals surface area (Å²) in [7, 11) is 0. The number of rotatable bonds is 4. The number of allylic oxidation sites excluding steroid dienone is 1. The largest absolute Gasteiger partial charge is 0.289 e. The van der Waals surface area contributed by atoms with Gasteiger partial charge in [0, 0.05) is 11.1 Å². The molecular weight excluding hydrogens is 282 g/mol. The lowest BCUT2D eigenvalue weighted by molar-refractivity contribution is 0.103. The lowest BCUT2D eigenvalue weighted by atomic mass is 9.91. The number of Topliss-reactive ketones (excluding diaryl/α,β-unsaturated/α-hetero) is 1. The first-order valence-electron chi connectivity index (χ1n) is 7.94. The second kappa shape index (κ2) is 6.22. The molecular formula is C21H19NO. The summed E-state index contributed by atoms with van der Waals surface area (Å²) in [6, 6.07) is 18.1. The van der Waals surface area contributed by atoms with E-state index in [9.17, 15) is 10.1 Å². The van der Waals surface area contributed by atoms with E-state index in [0.717, 1.165) is 22.3 Å². The quantitative estimate of drug-likeness (QED) is 0.789. The molecule has 2 aromatic rings. The Morgan fingerprint density at radius 2 is 1.78 bits per heavy atom. The van der Waals surface area contributed by atoms with Gasteiger partial charge in [0.2, 0.25) is 0 Å². The van der Waals surface area contributed by atoms with Crippen LogP contribution in [0.2, 0.25) is 0 Å². The SMILES string of the molecule is CC(C)c1ccc2c(c1)C(=O)C(CC(C#N)c1ccccc1)=C2. The first-order valence-corrected chi connectivity index (χ1v) is 7.94. The predicted molar refractivity (Wildman–Crippen MR) is 92.3 cm³/mol. The third kappa shape index (κ3) is 2.96. The summed E-state index contributed by atoms with van der Waals surface area (Å²) < 4.78 is 0. The van der Waals surface area contributed by atoms with Gasteiger partial charge in [-0.15, -0.1) is 0 Å². The number of hydrogen-bond acceptors (Lipinski definition) is 2. The van der Waals surface area contributed by atoms with E-state index in [4.69, 9.17) is 0 Å². The molecule has 0 heterocycles. The molecule has 0 saturated carbocycles. The van der Waals surface area contributed by atoms with Crippen molar-refractivity contribution < 1.29 is 4.79 Å². The molecule has 2 nitrogen and oxygen atoms in total. The number of fused-ring (bicyclic) bond motifs is 1. The van der Waals surface area contributed by atoms with Gasteiger partial charge in [-0.2, -0.15) is 5.26 Å². The molecule has 2 aromatic carbocycles.